The molecule has 180 valence electrons. The molecule has 0 radical (unpaired) electrons. The van der Waals surface area contributed by atoms with Gasteiger partial charge in [-0.2, -0.15) is 0 Å². The number of halogens is 1. The van der Waals surface area contributed by atoms with Crippen LogP contribution in [0.4, 0.5) is 10.5 Å². The Morgan fingerprint density at radius 1 is 1.00 bits per heavy atom. The van der Waals surface area contributed by atoms with Crippen LogP contribution in [0.15, 0.2) is 66.7 Å². The molecule has 1 atom stereocenters. The number of aromatic carboxylic acids is 1. The van der Waals surface area contributed by atoms with Gasteiger partial charge in [-0.05, 0) is 46.9 Å². The average molecular weight is 493 g/mol. The van der Waals surface area contributed by atoms with Crippen molar-refractivity contribution in [1.29, 1.82) is 0 Å². The molecule has 4 rings (SSSR count). The molecule has 2 amide bonds. The molecule has 0 aliphatic heterocycles. The third-order valence-corrected chi connectivity index (χ3v) is 6.23. The fraction of sp³-hybridized carbons (Fsp3) is 0.222. The van der Waals surface area contributed by atoms with Gasteiger partial charge in [0.2, 0.25) is 5.91 Å². The first-order chi connectivity index (χ1) is 16.9. The summed E-state index contributed by atoms with van der Waals surface area (Å²) in [5, 5.41) is 14.9. The number of hydrogen-bond acceptors (Lipinski definition) is 4. The molecule has 8 heteroatoms. The lowest BCUT2D eigenvalue weighted by atomic mass is 9.98. The Morgan fingerprint density at radius 3 is 2.23 bits per heavy atom. The van der Waals surface area contributed by atoms with Crippen LogP contribution in [0.2, 0.25) is 5.02 Å². The summed E-state index contributed by atoms with van der Waals surface area (Å²) in [4.78, 5) is 37.1. The van der Waals surface area contributed by atoms with E-state index in [2.05, 4.69) is 22.8 Å². The van der Waals surface area contributed by atoms with E-state index in [1.807, 2.05) is 43.3 Å². The molecular formula is C27H25ClN2O5. The van der Waals surface area contributed by atoms with Gasteiger partial charge >= 0.3 is 12.1 Å². The average Bonchev–Trinajstić information content (AvgIpc) is 3.16. The van der Waals surface area contributed by atoms with Crippen LogP contribution in [0.5, 0.6) is 0 Å². The van der Waals surface area contributed by atoms with Gasteiger partial charge < -0.3 is 20.5 Å². The first-order valence-corrected chi connectivity index (χ1v) is 11.7. The molecule has 3 N–H and O–H groups in total. The number of carboxylic acid groups (broad SMARTS) is 1. The van der Waals surface area contributed by atoms with E-state index >= 15 is 0 Å². The predicted octanol–water partition coefficient (Wildman–Crippen LogP) is 5.68. The van der Waals surface area contributed by atoms with E-state index in [9.17, 15) is 19.5 Å². The van der Waals surface area contributed by atoms with E-state index in [1.165, 1.54) is 18.2 Å². The van der Waals surface area contributed by atoms with Gasteiger partial charge in [0.15, 0.2) is 0 Å². The van der Waals surface area contributed by atoms with Crippen molar-refractivity contribution in [1.82, 2.24) is 5.32 Å². The Labute approximate surface area is 208 Å². The van der Waals surface area contributed by atoms with Crippen LogP contribution in [0.1, 0.15) is 47.2 Å². The highest BCUT2D eigenvalue weighted by atomic mass is 35.5. The van der Waals surface area contributed by atoms with Crippen molar-refractivity contribution >= 4 is 35.3 Å². The van der Waals surface area contributed by atoms with Crippen LogP contribution in [-0.4, -0.2) is 35.7 Å². The number of amides is 2. The summed E-state index contributed by atoms with van der Waals surface area (Å²) in [5.74, 6) is -1.85. The second-order valence-corrected chi connectivity index (χ2v) is 8.73. The van der Waals surface area contributed by atoms with Gasteiger partial charge in [-0.1, -0.05) is 73.5 Å². The molecule has 0 spiro atoms. The normalized spacial score (nSPS) is 12.9. The topological polar surface area (TPSA) is 105 Å². The number of carboxylic acids is 1. The van der Waals surface area contributed by atoms with E-state index in [1.54, 1.807) is 0 Å². The van der Waals surface area contributed by atoms with E-state index in [0.717, 1.165) is 22.3 Å². The number of fused-ring (bicyclic) bond motifs is 3. The third kappa shape index (κ3) is 5.30. The molecule has 3 aromatic carbocycles. The number of carbonyl (C=O) groups is 3. The van der Waals surface area contributed by atoms with Crippen LogP contribution in [0, 0.1) is 0 Å². The molecule has 7 nitrogen and oxygen atoms in total. The smallest absolute Gasteiger partial charge is 0.407 e. The molecule has 0 saturated carbocycles. The van der Waals surface area contributed by atoms with Crippen molar-refractivity contribution in [2.24, 2.45) is 0 Å². The van der Waals surface area contributed by atoms with Gasteiger partial charge in [0.1, 0.15) is 12.6 Å². The van der Waals surface area contributed by atoms with Gasteiger partial charge in [0, 0.05) is 10.9 Å². The lowest BCUT2D eigenvalue weighted by Gasteiger charge is -2.20. The van der Waals surface area contributed by atoms with E-state index in [4.69, 9.17) is 16.3 Å². The van der Waals surface area contributed by atoms with Crippen molar-refractivity contribution in [2.45, 2.75) is 31.7 Å². The molecule has 0 bridgehead atoms. The summed E-state index contributed by atoms with van der Waals surface area (Å²) in [6.07, 6.45) is 0.243. The number of anilines is 1. The second-order valence-electron chi connectivity index (χ2n) is 8.30. The number of carbonyl (C=O) groups excluding carboxylic acids is 2. The number of benzene rings is 3. The first-order valence-electron chi connectivity index (χ1n) is 11.3. The predicted molar refractivity (Wildman–Crippen MR) is 134 cm³/mol. The summed E-state index contributed by atoms with van der Waals surface area (Å²) in [6, 6.07) is 19.2. The van der Waals surface area contributed by atoms with Gasteiger partial charge in [-0.25, -0.2) is 9.59 Å². The molecule has 0 saturated heterocycles. The SMILES string of the molecule is CCC[C@H](NC(=O)OCC1c2ccccc2-c2ccccc21)C(=O)Nc1cc(Cl)ccc1C(=O)O. The summed E-state index contributed by atoms with van der Waals surface area (Å²) in [6.45, 7) is 2.00. The molecular weight excluding hydrogens is 468 g/mol. The molecule has 3 aromatic rings. The second kappa shape index (κ2) is 10.6. The monoisotopic (exact) mass is 492 g/mol. The Morgan fingerprint density at radius 2 is 1.63 bits per heavy atom. The third-order valence-electron chi connectivity index (χ3n) is 6.00. The Balaban J connectivity index is 1.43. The standard InChI is InChI=1S/C27H25ClN2O5/c1-2-7-23(25(31)29-24-14-16(28)12-13-21(24)26(32)33)30-27(34)35-15-22-19-10-5-3-8-17(19)18-9-4-6-11-20(18)22/h3-6,8-14,22-23H,2,7,15H2,1H3,(H,29,31)(H,30,34)(H,32,33)/t23-/m0/s1. The minimum atomic E-state index is -1.20. The van der Waals surface area contributed by atoms with Gasteiger partial charge in [-0.3, -0.25) is 4.79 Å². The van der Waals surface area contributed by atoms with Crippen LogP contribution < -0.4 is 10.6 Å². The summed E-state index contributed by atoms with van der Waals surface area (Å²) < 4.78 is 5.55. The minimum absolute atomic E-state index is 0.0606. The van der Waals surface area contributed by atoms with Crippen LogP contribution >= 0.6 is 11.6 Å². The van der Waals surface area contributed by atoms with Crippen molar-refractivity contribution in [2.75, 3.05) is 11.9 Å². The Kier molecular flexibility index (Phi) is 7.36. The molecule has 1 aliphatic carbocycles. The van der Waals surface area contributed by atoms with Gasteiger partial charge in [0.25, 0.3) is 0 Å². The fourth-order valence-electron chi connectivity index (χ4n) is 4.37. The Bertz CT molecular complexity index is 1230. The molecule has 0 aromatic heterocycles. The van der Waals surface area contributed by atoms with Crippen molar-refractivity contribution in [3.05, 3.63) is 88.4 Å². The molecule has 1 aliphatic rings. The molecule has 0 unspecified atom stereocenters. The van der Waals surface area contributed by atoms with Crippen LogP contribution in [-0.2, 0) is 9.53 Å². The lowest BCUT2D eigenvalue weighted by Crippen LogP contribution is -2.44. The zero-order valence-electron chi connectivity index (χ0n) is 19.1. The van der Waals surface area contributed by atoms with Crippen LogP contribution in [0.3, 0.4) is 0 Å². The highest BCUT2D eigenvalue weighted by Crippen LogP contribution is 2.44. The maximum Gasteiger partial charge on any atom is 0.407 e. The first kappa shape index (κ1) is 24.3. The van der Waals surface area contributed by atoms with Gasteiger partial charge in [0.05, 0.1) is 11.3 Å². The Hall–Kier alpha value is -3.84. The fourth-order valence-corrected chi connectivity index (χ4v) is 4.54. The maximum atomic E-state index is 12.9. The maximum absolute atomic E-state index is 12.9. The lowest BCUT2D eigenvalue weighted by molar-refractivity contribution is -0.118. The van der Waals surface area contributed by atoms with Crippen molar-refractivity contribution < 1.29 is 24.2 Å². The zero-order chi connectivity index (χ0) is 24.9. The quantitative estimate of drug-likeness (QED) is 0.375. The zero-order valence-corrected chi connectivity index (χ0v) is 19.8. The number of hydrogen-bond donors (Lipinski definition) is 3. The minimum Gasteiger partial charge on any atom is -0.478 e. The number of ether oxygens (including phenoxy) is 1. The summed E-state index contributed by atoms with van der Waals surface area (Å²) in [7, 11) is 0. The molecule has 35 heavy (non-hydrogen) atoms. The summed E-state index contributed by atoms with van der Waals surface area (Å²) in [5.41, 5.74) is 4.38. The molecule has 0 fully saturated rings. The summed E-state index contributed by atoms with van der Waals surface area (Å²) >= 11 is 5.97. The highest BCUT2D eigenvalue weighted by molar-refractivity contribution is 6.31. The van der Waals surface area contributed by atoms with Crippen LogP contribution in [0.25, 0.3) is 11.1 Å². The van der Waals surface area contributed by atoms with E-state index in [0.29, 0.717) is 12.8 Å². The highest BCUT2D eigenvalue weighted by Gasteiger charge is 2.30. The largest absolute Gasteiger partial charge is 0.478 e. The van der Waals surface area contributed by atoms with Crippen molar-refractivity contribution in [3.63, 3.8) is 0 Å². The van der Waals surface area contributed by atoms with E-state index in [-0.39, 0.29) is 28.8 Å². The number of nitrogens with one attached hydrogen (secondary N) is 2. The number of alkyl carbamates (subject to hydrolysis) is 1. The number of rotatable bonds is 8. The van der Waals surface area contributed by atoms with Crippen molar-refractivity contribution in [3.8, 4) is 11.1 Å². The van der Waals surface area contributed by atoms with Gasteiger partial charge in [-0.15, -0.1) is 0 Å². The molecule has 0 heterocycles. The van der Waals surface area contributed by atoms with E-state index < -0.39 is 24.0 Å².